The third-order valence-electron chi connectivity index (χ3n) is 5.60. The van der Waals surface area contributed by atoms with Crippen LogP contribution in [0.25, 0.3) is 16.7 Å². The fourth-order valence-corrected chi connectivity index (χ4v) is 4.01. The lowest BCUT2D eigenvalue weighted by molar-refractivity contribution is 0.335. The van der Waals surface area contributed by atoms with Gasteiger partial charge < -0.3 is 9.47 Å². The van der Waals surface area contributed by atoms with Crippen LogP contribution in [-0.4, -0.2) is 22.8 Å². The van der Waals surface area contributed by atoms with Gasteiger partial charge in [0.05, 0.1) is 16.6 Å². The standard InChI is InChI=1S/C27H21ClN2O3/c1-18(16-32-22-12-10-20(28)11-13-22)19-9-14-24-25(33-17-19)23-8-5-15-29-26(23)30(27(24)31)21-6-3-2-4-7-21/h2-13,15H,1,14,16-17H2. The van der Waals surface area contributed by atoms with Crippen LogP contribution in [0.15, 0.2) is 102 Å². The van der Waals surface area contributed by atoms with Crippen molar-refractivity contribution in [2.75, 3.05) is 13.2 Å². The van der Waals surface area contributed by atoms with Crippen molar-refractivity contribution in [2.45, 2.75) is 6.42 Å². The molecular weight excluding hydrogens is 436 g/mol. The van der Waals surface area contributed by atoms with E-state index < -0.39 is 0 Å². The predicted octanol–water partition coefficient (Wildman–Crippen LogP) is 5.54. The number of para-hydroxylation sites is 1. The van der Waals surface area contributed by atoms with Gasteiger partial charge in [-0.3, -0.25) is 9.36 Å². The number of fused-ring (bicyclic) bond motifs is 3. The summed E-state index contributed by atoms with van der Waals surface area (Å²) in [5.41, 5.74) is 3.50. The Morgan fingerprint density at radius 3 is 2.67 bits per heavy atom. The van der Waals surface area contributed by atoms with Gasteiger partial charge in [-0.2, -0.15) is 0 Å². The van der Waals surface area contributed by atoms with Crippen molar-refractivity contribution in [1.82, 2.24) is 9.55 Å². The fraction of sp³-hybridized carbons (Fsp3) is 0.111. The Morgan fingerprint density at radius 1 is 1.09 bits per heavy atom. The van der Waals surface area contributed by atoms with E-state index in [4.69, 9.17) is 21.1 Å². The number of benzene rings is 2. The Morgan fingerprint density at radius 2 is 1.88 bits per heavy atom. The summed E-state index contributed by atoms with van der Waals surface area (Å²) in [6, 6.07) is 20.5. The minimum Gasteiger partial charge on any atom is -0.489 e. The molecule has 5 nitrogen and oxygen atoms in total. The zero-order valence-electron chi connectivity index (χ0n) is 17.8. The summed E-state index contributed by atoms with van der Waals surface area (Å²) in [6.07, 6.45) is 4.11. The first-order valence-electron chi connectivity index (χ1n) is 10.6. The van der Waals surface area contributed by atoms with Crippen molar-refractivity contribution >= 4 is 22.6 Å². The largest absolute Gasteiger partial charge is 0.489 e. The van der Waals surface area contributed by atoms with E-state index >= 15 is 0 Å². The zero-order valence-corrected chi connectivity index (χ0v) is 18.6. The molecule has 0 saturated carbocycles. The van der Waals surface area contributed by atoms with E-state index in [1.54, 1.807) is 22.9 Å². The van der Waals surface area contributed by atoms with Gasteiger partial charge in [0.25, 0.3) is 5.56 Å². The van der Waals surface area contributed by atoms with E-state index in [0.29, 0.717) is 47.4 Å². The smallest absolute Gasteiger partial charge is 0.264 e. The zero-order chi connectivity index (χ0) is 22.8. The minimum absolute atomic E-state index is 0.136. The molecule has 4 aromatic rings. The van der Waals surface area contributed by atoms with Crippen molar-refractivity contribution in [3.8, 4) is 17.2 Å². The van der Waals surface area contributed by atoms with Crippen molar-refractivity contribution in [3.63, 3.8) is 0 Å². The molecule has 164 valence electrons. The second-order valence-corrected chi connectivity index (χ2v) is 8.16. The van der Waals surface area contributed by atoms with Crippen LogP contribution in [0.4, 0.5) is 0 Å². The lowest BCUT2D eigenvalue weighted by Gasteiger charge is -2.16. The predicted molar refractivity (Wildman–Crippen MR) is 131 cm³/mol. The van der Waals surface area contributed by atoms with Gasteiger partial charge in [0.15, 0.2) is 5.65 Å². The average Bonchev–Trinajstić information content (AvgIpc) is 3.08. The summed E-state index contributed by atoms with van der Waals surface area (Å²) in [6.45, 7) is 4.78. The monoisotopic (exact) mass is 456 g/mol. The first-order valence-corrected chi connectivity index (χ1v) is 11.0. The maximum atomic E-state index is 13.6. The van der Waals surface area contributed by atoms with Crippen LogP contribution < -0.4 is 15.0 Å². The number of nitrogens with zero attached hydrogens (tertiary/aromatic N) is 2. The molecule has 1 aliphatic rings. The van der Waals surface area contributed by atoms with Gasteiger partial charge in [0, 0.05) is 17.6 Å². The highest BCUT2D eigenvalue weighted by molar-refractivity contribution is 6.30. The summed E-state index contributed by atoms with van der Waals surface area (Å²) in [5.74, 6) is 1.29. The molecule has 6 heteroatoms. The molecule has 0 unspecified atom stereocenters. The number of hydrogen-bond donors (Lipinski definition) is 0. The third kappa shape index (κ3) is 4.15. The number of pyridine rings is 2. The van der Waals surface area contributed by atoms with Crippen LogP contribution in [0.1, 0.15) is 5.56 Å². The highest BCUT2D eigenvalue weighted by Gasteiger charge is 2.22. The summed E-state index contributed by atoms with van der Waals surface area (Å²) < 4.78 is 13.7. The summed E-state index contributed by atoms with van der Waals surface area (Å²) in [4.78, 5) is 18.1. The second-order valence-electron chi connectivity index (χ2n) is 7.73. The lowest BCUT2D eigenvalue weighted by atomic mass is 10.1. The van der Waals surface area contributed by atoms with E-state index in [1.165, 1.54) is 0 Å². The molecule has 0 atom stereocenters. The molecule has 0 saturated heterocycles. The first-order chi connectivity index (χ1) is 16.1. The van der Waals surface area contributed by atoms with Crippen LogP contribution in [0.5, 0.6) is 11.5 Å². The van der Waals surface area contributed by atoms with Gasteiger partial charge in [0.1, 0.15) is 24.7 Å². The molecular formula is C27H21ClN2O3. The maximum Gasteiger partial charge on any atom is 0.264 e. The molecule has 33 heavy (non-hydrogen) atoms. The van der Waals surface area contributed by atoms with Gasteiger partial charge >= 0.3 is 0 Å². The number of ether oxygens (including phenoxy) is 2. The Labute approximate surface area is 196 Å². The number of hydrogen-bond acceptors (Lipinski definition) is 4. The molecule has 2 aromatic carbocycles. The molecule has 0 N–H and O–H groups in total. The summed E-state index contributed by atoms with van der Waals surface area (Å²) in [5, 5.41) is 1.45. The van der Waals surface area contributed by atoms with Gasteiger partial charge in [-0.25, -0.2) is 4.98 Å². The molecule has 1 aliphatic heterocycles. The quantitative estimate of drug-likeness (QED) is 0.396. The Bertz CT molecular complexity index is 1420. The molecule has 0 radical (unpaired) electrons. The van der Waals surface area contributed by atoms with Gasteiger partial charge in [-0.15, -0.1) is 0 Å². The van der Waals surface area contributed by atoms with Crippen molar-refractivity contribution in [1.29, 1.82) is 0 Å². The third-order valence-corrected chi connectivity index (χ3v) is 5.85. The van der Waals surface area contributed by atoms with Crippen molar-refractivity contribution < 1.29 is 9.47 Å². The molecule has 3 heterocycles. The maximum absolute atomic E-state index is 13.6. The number of halogens is 1. The van der Waals surface area contributed by atoms with Crippen LogP contribution >= 0.6 is 11.6 Å². The topological polar surface area (TPSA) is 53.4 Å². The second kappa shape index (κ2) is 8.96. The van der Waals surface area contributed by atoms with Crippen molar-refractivity contribution in [2.24, 2.45) is 0 Å². The van der Waals surface area contributed by atoms with E-state index in [9.17, 15) is 4.79 Å². The van der Waals surface area contributed by atoms with Crippen LogP contribution in [0.2, 0.25) is 5.02 Å². The first kappa shape index (κ1) is 21.0. The molecule has 2 aromatic heterocycles. The Hall–Kier alpha value is -3.83. The van der Waals surface area contributed by atoms with Gasteiger partial charge in [0.2, 0.25) is 0 Å². The van der Waals surface area contributed by atoms with Crippen LogP contribution in [0, 0.1) is 0 Å². The highest BCUT2D eigenvalue weighted by atomic mass is 35.5. The number of allylic oxidation sites excluding steroid dienone is 1. The SMILES string of the molecule is C=C(COc1ccc(Cl)cc1)C1=CCc2c(c3cccnc3n(-c3ccccc3)c2=O)OC1. The van der Waals surface area contributed by atoms with Gasteiger partial charge in [-0.1, -0.05) is 42.5 Å². The molecule has 0 fully saturated rings. The van der Waals surface area contributed by atoms with E-state index in [0.717, 1.165) is 22.2 Å². The average molecular weight is 457 g/mol. The van der Waals surface area contributed by atoms with E-state index in [-0.39, 0.29) is 5.56 Å². The fourth-order valence-electron chi connectivity index (χ4n) is 3.88. The molecule has 0 bridgehead atoms. The van der Waals surface area contributed by atoms with Crippen molar-refractivity contribution in [3.05, 3.63) is 118 Å². The normalized spacial score (nSPS) is 12.9. The van der Waals surface area contributed by atoms with Gasteiger partial charge in [-0.05, 0) is 59.7 Å². The molecule has 0 spiro atoms. The molecule has 0 aliphatic carbocycles. The summed E-state index contributed by atoms with van der Waals surface area (Å²) in [7, 11) is 0. The Kier molecular flexibility index (Phi) is 5.71. The van der Waals surface area contributed by atoms with Crippen LogP contribution in [-0.2, 0) is 6.42 Å². The lowest BCUT2D eigenvalue weighted by Crippen LogP contribution is -2.24. The molecule has 0 amide bonds. The highest BCUT2D eigenvalue weighted by Crippen LogP contribution is 2.31. The van der Waals surface area contributed by atoms with E-state index in [1.807, 2.05) is 60.7 Å². The molecule has 5 rings (SSSR count). The number of aromatic nitrogens is 2. The van der Waals surface area contributed by atoms with Crippen LogP contribution in [0.3, 0.4) is 0 Å². The minimum atomic E-state index is -0.136. The van der Waals surface area contributed by atoms with E-state index in [2.05, 4.69) is 11.6 Å². The summed E-state index contributed by atoms with van der Waals surface area (Å²) >= 11 is 5.93. The number of rotatable bonds is 5. The Balaban J connectivity index is 1.47.